The number of carbonyl (C=O) groups is 2. The molecule has 0 unspecified atom stereocenters. The number of benzene rings is 1. The quantitative estimate of drug-likeness (QED) is 0.639. The van der Waals surface area contributed by atoms with Gasteiger partial charge < -0.3 is 10.1 Å². The molecule has 0 spiro atoms. The Labute approximate surface area is 167 Å². The summed E-state index contributed by atoms with van der Waals surface area (Å²) in [5.74, 6) is -1.34. The van der Waals surface area contributed by atoms with Crippen molar-refractivity contribution in [3.8, 4) is 0 Å². The molecule has 2 rings (SSSR count). The number of alkyl halides is 3. The van der Waals surface area contributed by atoms with E-state index >= 15 is 0 Å². The maximum Gasteiger partial charge on any atom is 0.416 e. The van der Waals surface area contributed by atoms with E-state index in [1.54, 1.807) is 6.92 Å². The predicted octanol–water partition coefficient (Wildman–Crippen LogP) is 2.37. The average Bonchev–Trinajstić information content (AvgIpc) is 2.67. The third-order valence-corrected chi connectivity index (χ3v) is 6.05. The molecule has 0 saturated heterocycles. The first-order chi connectivity index (χ1) is 13.5. The van der Waals surface area contributed by atoms with Crippen molar-refractivity contribution < 1.29 is 35.9 Å². The minimum absolute atomic E-state index is 0.138. The minimum Gasteiger partial charge on any atom is -0.464 e. The van der Waals surface area contributed by atoms with Gasteiger partial charge in [0.1, 0.15) is 5.54 Å². The van der Waals surface area contributed by atoms with Crippen LogP contribution in [0.1, 0.15) is 44.6 Å². The molecule has 0 aliphatic heterocycles. The molecule has 0 radical (unpaired) electrons. The number of halogens is 3. The van der Waals surface area contributed by atoms with E-state index in [4.69, 9.17) is 4.74 Å². The average molecular weight is 436 g/mol. The topological polar surface area (TPSA) is 102 Å². The largest absolute Gasteiger partial charge is 0.464 e. The Balaban J connectivity index is 2.08. The number of amides is 1. The lowest BCUT2D eigenvalue weighted by molar-refractivity contribution is -0.155. The molecule has 29 heavy (non-hydrogen) atoms. The molecule has 0 bridgehead atoms. The molecule has 0 aromatic heterocycles. The summed E-state index contributed by atoms with van der Waals surface area (Å²) in [5, 5.41) is 2.56. The van der Waals surface area contributed by atoms with Crippen LogP contribution in [0.3, 0.4) is 0 Å². The Hall–Kier alpha value is -2.14. The van der Waals surface area contributed by atoms with Crippen LogP contribution in [0.5, 0.6) is 0 Å². The molecule has 1 saturated carbocycles. The van der Waals surface area contributed by atoms with Crippen LogP contribution in [-0.4, -0.2) is 39.0 Å². The zero-order valence-electron chi connectivity index (χ0n) is 15.8. The molecule has 1 aromatic rings. The first-order valence-corrected chi connectivity index (χ1v) is 10.6. The van der Waals surface area contributed by atoms with Gasteiger partial charge in [0.2, 0.25) is 15.9 Å². The Morgan fingerprint density at radius 2 is 1.83 bits per heavy atom. The van der Waals surface area contributed by atoms with Crippen LogP contribution in [0.4, 0.5) is 13.2 Å². The number of esters is 1. The zero-order valence-corrected chi connectivity index (χ0v) is 16.7. The second-order valence-corrected chi connectivity index (χ2v) is 8.53. The lowest BCUT2D eigenvalue weighted by Crippen LogP contribution is -2.58. The molecule has 1 aliphatic carbocycles. The normalized spacial score (nSPS) is 16.8. The van der Waals surface area contributed by atoms with Crippen molar-refractivity contribution >= 4 is 21.9 Å². The third kappa shape index (κ3) is 5.92. The number of nitrogens with one attached hydrogen (secondary N) is 2. The van der Waals surface area contributed by atoms with Gasteiger partial charge in [0.05, 0.1) is 23.6 Å². The Kier molecular flexibility index (Phi) is 7.28. The van der Waals surface area contributed by atoms with Crippen LogP contribution in [0.2, 0.25) is 0 Å². The Bertz CT molecular complexity index is 849. The molecule has 11 heteroatoms. The van der Waals surface area contributed by atoms with E-state index in [-0.39, 0.29) is 6.61 Å². The summed E-state index contributed by atoms with van der Waals surface area (Å²) in [6, 6.07) is 3.20. The highest BCUT2D eigenvalue weighted by atomic mass is 32.2. The third-order valence-electron chi connectivity index (χ3n) is 4.65. The summed E-state index contributed by atoms with van der Waals surface area (Å²) >= 11 is 0. The molecule has 1 amide bonds. The van der Waals surface area contributed by atoms with Crippen LogP contribution >= 0.6 is 0 Å². The smallest absolute Gasteiger partial charge is 0.416 e. The van der Waals surface area contributed by atoms with Crippen molar-refractivity contribution in [2.45, 2.75) is 55.6 Å². The van der Waals surface area contributed by atoms with Gasteiger partial charge in [0.15, 0.2) is 0 Å². The number of ether oxygens (including phenoxy) is 1. The number of sulfonamides is 1. The summed E-state index contributed by atoms with van der Waals surface area (Å²) in [4.78, 5) is 24.0. The van der Waals surface area contributed by atoms with E-state index in [2.05, 4.69) is 5.32 Å². The van der Waals surface area contributed by atoms with Crippen LogP contribution in [-0.2, 0) is 30.5 Å². The highest BCUT2D eigenvalue weighted by molar-refractivity contribution is 7.89. The molecule has 0 heterocycles. The van der Waals surface area contributed by atoms with E-state index in [1.807, 2.05) is 4.72 Å². The summed E-state index contributed by atoms with van der Waals surface area (Å²) < 4.78 is 69.9. The van der Waals surface area contributed by atoms with E-state index in [0.717, 1.165) is 24.6 Å². The molecule has 7 nitrogen and oxygen atoms in total. The van der Waals surface area contributed by atoms with Crippen molar-refractivity contribution in [3.63, 3.8) is 0 Å². The van der Waals surface area contributed by atoms with Gasteiger partial charge in [-0.05, 0) is 38.0 Å². The second-order valence-electron chi connectivity index (χ2n) is 6.76. The molecule has 162 valence electrons. The SMILES string of the molecule is CCOC(=O)C1(NC(=O)CNS(=O)(=O)c2cccc(C(F)(F)F)c2)CCCCC1. The first-order valence-electron chi connectivity index (χ1n) is 9.15. The van der Waals surface area contributed by atoms with Crippen LogP contribution < -0.4 is 10.0 Å². The maximum absolute atomic E-state index is 12.8. The number of rotatable bonds is 7. The van der Waals surface area contributed by atoms with Gasteiger partial charge in [-0.15, -0.1) is 0 Å². The number of hydrogen-bond donors (Lipinski definition) is 2. The van der Waals surface area contributed by atoms with E-state index in [0.29, 0.717) is 31.7 Å². The molecule has 1 aromatic carbocycles. The molecule has 1 aliphatic rings. The van der Waals surface area contributed by atoms with Crippen LogP contribution in [0.25, 0.3) is 0 Å². The highest BCUT2D eigenvalue weighted by Gasteiger charge is 2.42. The van der Waals surface area contributed by atoms with Crippen molar-refractivity contribution in [3.05, 3.63) is 29.8 Å². The van der Waals surface area contributed by atoms with Crippen molar-refractivity contribution in [2.75, 3.05) is 13.2 Å². The van der Waals surface area contributed by atoms with Gasteiger partial charge in [0.25, 0.3) is 0 Å². The van der Waals surface area contributed by atoms with Gasteiger partial charge in [-0.3, -0.25) is 4.79 Å². The monoisotopic (exact) mass is 436 g/mol. The second kappa shape index (κ2) is 9.12. The fourth-order valence-electron chi connectivity index (χ4n) is 3.20. The minimum atomic E-state index is -4.70. The molecule has 2 N–H and O–H groups in total. The van der Waals surface area contributed by atoms with Gasteiger partial charge >= 0.3 is 12.1 Å². The maximum atomic E-state index is 12.8. The van der Waals surface area contributed by atoms with Gasteiger partial charge in [0, 0.05) is 0 Å². The van der Waals surface area contributed by atoms with Crippen LogP contribution in [0.15, 0.2) is 29.2 Å². The van der Waals surface area contributed by atoms with Crippen LogP contribution in [0, 0.1) is 0 Å². The van der Waals surface area contributed by atoms with Gasteiger partial charge in [-0.25, -0.2) is 17.9 Å². The Morgan fingerprint density at radius 3 is 2.41 bits per heavy atom. The summed E-state index contributed by atoms with van der Waals surface area (Å²) in [6.07, 6.45) is -1.64. The van der Waals surface area contributed by atoms with E-state index in [1.165, 1.54) is 0 Å². The standard InChI is InChI=1S/C18H23F3N2O5S/c1-2-28-16(25)17(9-4-3-5-10-17)23-15(24)12-22-29(26,27)14-8-6-7-13(11-14)18(19,20)21/h6-8,11,22H,2-5,9-10,12H2,1H3,(H,23,24). The molecular formula is C18H23F3N2O5S. The number of carbonyl (C=O) groups excluding carboxylic acids is 2. The predicted molar refractivity (Wildman–Crippen MR) is 97.2 cm³/mol. The van der Waals surface area contributed by atoms with Gasteiger partial charge in [-0.2, -0.15) is 13.2 Å². The lowest BCUT2D eigenvalue weighted by atomic mass is 9.81. The van der Waals surface area contributed by atoms with Crippen molar-refractivity contribution in [1.29, 1.82) is 0 Å². The number of hydrogen-bond acceptors (Lipinski definition) is 5. The molecule has 1 fully saturated rings. The van der Waals surface area contributed by atoms with Crippen molar-refractivity contribution in [1.82, 2.24) is 10.0 Å². The fourth-order valence-corrected chi connectivity index (χ4v) is 4.23. The van der Waals surface area contributed by atoms with Gasteiger partial charge in [-0.1, -0.05) is 25.3 Å². The Morgan fingerprint density at radius 1 is 1.17 bits per heavy atom. The fraction of sp³-hybridized carbons (Fsp3) is 0.556. The summed E-state index contributed by atoms with van der Waals surface area (Å²) in [6.45, 7) is 1.05. The molecule has 0 atom stereocenters. The van der Waals surface area contributed by atoms with E-state index < -0.39 is 50.6 Å². The lowest BCUT2D eigenvalue weighted by Gasteiger charge is -2.35. The molecular weight excluding hydrogens is 413 g/mol. The summed E-state index contributed by atoms with van der Waals surface area (Å²) in [5.41, 5.74) is -2.33. The first kappa shape index (κ1) is 23.1. The van der Waals surface area contributed by atoms with Crippen molar-refractivity contribution in [2.24, 2.45) is 0 Å². The zero-order chi connectivity index (χ0) is 21.7. The highest BCUT2D eigenvalue weighted by Crippen LogP contribution is 2.31. The summed E-state index contributed by atoms with van der Waals surface area (Å²) in [7, 11) is -4.36. The van der Waals surface area contributed by atoms with E-state index in [9.17, 15) is 31.2 Å².